The van der Waals surface area contributed by atoms with E-state index in [1.54, 1.807) is 29.0 Å². The monoisotopic (exact) mass is 489 g/mol. The number of nitrogens with two attached hydrogens (primary N) is 1. The SMILES string of the molecule is C[C@H]1C[C@@H](c2ccncc2Cc2ncc3ccc(-c4c(F)cc(C5CC5)cc4F)nn23)C[C@@H](N)[C@H]1O. The normalized spacial score (nSPS) is 24.4. The first-order chi connectivity index (χ1) is 17.4. The van der Waals surface area contributed by atoms with Crippen LogP contribution in [0.1, 0.15) is 67.0 Å². The summed E-state index contributed by atoms with van der Waals surface area (Å²) in [6.07, 6.45) is 8.77. The summed E-state index contributed by atoms with van der Waals surface area (Å²) >= 11 is 0. The van der Waals surface area contributed by atoms with Crippen LogP contribution in [0.2, 0.25) is 0 Å². The fraction of sp³-hybridized carbons (Fsp3) is 0.393. The van der Waals surface area contributed by atoms with Gasteiger partial charge in [0, 0.05) is 24.9 Å². The van der Waals surface area contributed by atoms with Crippen molar-refractivity contribution in [2.24, 2.45) is 11.7 Å². The number of benzene rings is 1. The maximum Gasteiger partial charge on any atom is 0.135 e. The number of fused-ring (bicyclic) bond motifs is 1. The highest BCUT2D eigenvalue weighted by Crippen LogP contribution is 2.42. The molecule has 0 aliphatic heterocycles. The number of imidazole rings is 1. The van der Waals surface area contributed by atoms with Crippen molar-refractivity contribution in [1.82, 2.24) is 19.6 Å². The predicted octanol–water partition coefficient (Wildman–Crippen LogP) is 4.74. The molecule has 2 saturated carbocycles. The van der Waals surface area contributed by atoms with Gasteiger partial charge in [0.25, 0.3) is 0 Å². The maximum absolute atomic E-state index is 15.0. The molecule has 2 aliphatic carbocycles. The summed E-state index contributed by atoms with van der Waals surface area (Å²) in [7, 11) is 0. The van der Waals surface area contributed by atoms with Gasteiger partial charge in [0.1, 0.15) is 17.5 Å². The van der Waals surface area contributed by atoms with Gasteiger partial charge in [-0.3, -0.25) is 4.98 Å². The maximum atomic E-state index is 15.0. The molecule has 0 spiro atoms. The lowest BCUT2D eigenvalue weighted by Gasteiger charge is -2.36. The standard InChI is InChI=1S/C28H29F2N5O/c1-15-8-18(11-24(31)28(15)36)21-6-7-32-13-19(21)12-26-33-14-20-4-5-25(34-35(20)26)27-22(29)9-17(10-23(27)30)16-2-3-16/h4-7,9-10,13-16,18,24,28,36H,2-3,8,11-12,31H2,1H3/t15-,18+,24+,28-/m0/s1. The van der Waals surface area contributed by atoms with E-state index in [4.69, 9.17) is 5.73 Å². The summed E-state index contributed by atoms with van der Waals surface area (Å²) in [4.78, 5) is 8.90. The number of nitrogens with zero attached hydrogens (tertiary/aromatic N) is 4. The van der Waals surface area contributed by atoms with Gasteiger partial charge in [0.2, 0.25) is 0 Å². The Labute approximate surface area is 208 Å². The van der Waals surface area contributed by atoms with E-state index in [0.29, 0.717) is 24.2 Å². The quantitative estimate of drug-likeness (QED) is 0.423. The highest BCUT2D eigenvalue weighted by molar-refractivity contribution is 5.63. The van der Waals surface area contributed by atoms with Crippen molar-refractivity contribution in [1.29, 1.82) is 0 Å². The molecule has 186 valence electrons. The lowest BCUT2D eigenvalue weighted by Crippen LogP contribution is -2.44. The van der Waals surface area contributed by atoms with E-state index < -0.39 is 17.7 Å². The van der Waals surface area contributed by atoms with Gasteiger partial charge in [-0.1, -0.05) is 6.92 Å². The van der Waals surface area contributed by atoms with E-state index in [-0.39, 0.29) is 35.1 Å². The highest BCUT2D eigenvalue weighted by atomic mass is 19.1. The zero-order valence-electron chi connectivity index (χ0n) is 20.1. The molecule has 0 bridgehead atoms. The average Bonchev–Trinajstić information content (AvgIpc) is 3.64. The van der Waals surface area contributed by atoms with Crippen molar-refractivity contribution in [3.63, 3.8) is 0 Å². The number of rotatable bonds is 5. The second-order valence-electron chi connectivity index (χ2n) is 10.4. The van der Waals surface area contributed by atoms with E-state index >= 15 is 0 Å². The minimum Gasteiger partial charge on any atom is -0.391 e. The summed E-state index contributed by atoms with van der Waals surface area (Å²) < 4.78 is 31.6. The molecule has 0 saturated heterocycles. The predicted molar refractivity (Wildman–Crippen MR) is 132 cm³/mol. The summed E-state index contributed by atoms with van der Waals surface area (Å²) in [6.45, 7) is 2.03. The van der Waals surface area contributed by atoms with Crippen molar-refractivity contribution in [3.05, 3.63) is 83.1 Å². The van der Waals surface area contributed by atoms with E-state index in [1.807, 2.05) is 19.2 Å². The number of halogens is 2. The van der Waals surface area contributed by atoms with Crippen molar-refractivity contribution >= 4 is 5.52 Å². The zero-order chi connectivity index (χ0) is 25.0. The second-order valence-corrected chi connectivity index (χ2v) is 10.4. The topological polar surface area (TPSA) is 89.3 Å². The molecular formula is C28H29F2N5O. The van der Waals surface area contributed by atoms with Crippen molar-refractivity contribution in [3.8, 4) is 11.3 Å². The highest BCUT2D eigenvalue weighted by Gasteiger charge is 2.34. The smallest absolute Gasteiger partial charge is 0.135 e. The number of aliphatic hydroxyl groups excluding tert-OH is 1. The molecule has 0 radical (unpaired) electrons. The van der Waals surface area contributed by atoms with Gasteiger partial charge in [-0.25, -0.2) is 18.3 Å². The van der Waals surface area contributed by atoms with Crippen LogP contribution in [0.3, 0.4) is 0 Å². The molecule has 1 aromatic carbocycles. The molecule has 2 aliphatic rings. The Morgan fingerprint density at radius 3 is 2.56 bits per heavy atom. The molecule has 36 heavy (non-hydrogen) atoms. The van der Waals surface area contributed by atoms with E-state index in [1.165, 1.54) is 12.1 Å². The van der Waals surface area contributed by atoms with Gasteiger partial charge in [0.05, 0.1) is 29.1 Å². The molecule has 4 atom stereocenters. The fourth-order valence-electron chi connectivity index (χ4n) is 5.66. The molecule has 0 amide bonds. The molecule has 4 aromatic rings. The number of hydrogen-bond acceptors (Lipinski definition) is 5. The second kappa shape index (κ2) is 9.01. The molecule has 8 heteroatoms. The molecule has 0 unspecified atom stereocenters. The minimum atomic E-state index is -0.593. The number of pyridine rings is 1. The summed E-state index contributed by atoms with van der Waals surface area (Å²) in [5.41, 5.74) is 9.94. The third-order valence-corrected chi connectivity index (χ3v) is 7.79. The lowest BCUT2D eigenvalue weighted by molar-refractivity contribution is 0.0519. The first-order valence-corrected chi connectivity index (χ1v) is 12.6. The summed E-state index contributed by atoms with van der Waals surface area (Å²) in [5, 5.41) is 14.9. The molecule has 6 rings (SSSR count). The first-order valence-electron chi connectivity index (χ1n) is 12.6. The third kappa shape index (κ3) is 4.18. The van der Waals surface area contributed by atoms with Crippen LogP contribution in [0, 0.1) is 17.6 Å². The Balaban J connectivity index is 1.34. The van der Waals surface area contributed by atoms with Crippen molar-refractivity contribution in [2.45, 2.75) is 63.0 Å². The number of aliphatic hydroxyl groups is 1. The van der Waals surface area contributed by atoms with E-state index in [9.17, 15) is 13.9 Å². The van der Waals surface area contributed by atoms with E-state index in [0.717, 1.165) is 35.9 Å². The van der Waals surface area contributed by atoms with Crippen LogP contribution < -0.4 is 5.73 Å². The number of aromatic nitrogens is 4. The van der Waals surface area contributed by atoms with Crippen LogP contribution in [0.5, 0.6) is 0 Å². The average molecular weight is 490 g/mol. The van der Waals surface area contributed by atoms with Crippen molar-refractivity contribution < 1.29 is 13.9 Å². The van der Waals surface area contributed by atoms with Crippen LogP contribution in [-0.2, 0) is 6.42 Å². The van der Waals surface area contributed by atoms with Gasteiger partial charge < -0.3 is 10.8 Å². The van der Waals surface area contributed by atoms with Gasteiger partial charge in [-0.2, -0.15) is 5.10 Å². The van der Waals surface area contributed by atoms with E-state index in [2.05, 4.69) is 15.1 Å². The van der Waals surface area contributed by atoms with Crippen molar-refractivity contribution in [2.75, 3.05) is 0 Å². The zero-order valence-corrected chi connectivity index (χ0v) is 20.1. The van der Waals surface area contributed by atoms with Crippen LogP contribution >= 0.6 is 0 Å². The molecule has 3 heterocycles. The Morgan fingerprint density at radius 1 is 1.06 bits per heavy atom. The number of hydrogen-bond donors (Lipinski definition) is 2. The van der Waals surface area contributed by atoms with Gasteiger partial charge >= 0.3 is 0 Å². The van der Waals surface area contributed by atoms with Crippen LogP contribution in [0.25, 0.3) is 16.8 Å². The van der Waals surface area contributed by atoms with Crippen LogP contribution in [0.4, 0.5) is 8.78 Å². The Morgan fingerprint density at radius 2 is 1.83 bits per heavy atom. The van der Waals surface area contributed by atoms with Crippen LogP contribution in [0.15, 0.2) is 48.9 Å². The summed E-state index contributed by atoms with van der Waals surface area (Å²) in [6, 6.07) is 8.02. The minimum absolute atomic E-state index is 0.104. The fourth-order valence-corrected chi connectivity index (χ4v) is 5.66. The summed E-state index contributed by atoms with van der Waals surface area (Å²) in [5.74, 6) is 0.0450. The largest absolute Gasteiger partial charge is 0.391 e. The van der Waals surface area contributed by atoms with Gasteiger partial charge in [0.15, 0.2) is 0 Å². The molecule has 3 N–H and O–H groups in total. The lowest BCUT2D eigenvalue weighted by atomic mass is 9.74. The Kier molecular flexibility index (Phi) is 5.80. The molecular weight excluding hydrogens is 460 g/mol. The molecule has 6 nitrogen and oxygen atoms in total. The van der Waals surface area contributed by atoms with Crippen LogP contribution in [-0.4, -0.2) is 36.8 Å². The first kappa shape index (κ1) is 23.2. The molecule has 3 aromatic heterocycles. The molecule has 2 fully saturated rings. The Bertz CT molecular complexity index is 1400. The van der Waals surface area contributed by atoms with Gasteiger partial charge in [-0.05, 0) is 90.5 Å². The third-order valence-electron chi connectivity index (χ3n) is 7.79. The van der Waals surface area contributed by atoms with Gasteiger partial charge in [-0.15, -0.1) is 0 Å². The Hall–Kier alpha value is -3.23.